The number of rotatable bonds is 8. The molecule has 0 fully saturated rings. The molecule has 0 aliphatic heterocycles. The highest BCUT2D eigenvalue weighted by Gasteiger charge is 2.29. The van der Waals surface area contributed by atoms with Gasteiger partial charge in [-0.1, -0.05) is 68.8 Å². The van der Waals surface area contributed by atoms with Crippen molar-refractivity contribution in [3.63, 3.8) is 0 Å². The van der Waals surface area contributed by atoms with Crippen molar-refractivity contribution in [1.82, 2.24) is 18.9 Å². The van der Waals surface area contributed by atoms with Crippen LogP contribution in [-0.4, -0.2) is 46.5 Å². The summed E-state index contributed by atoms with van der Waals surface area (Å²) in [7, 11) is -2.76. The second-order valence-corrected chi connectivity index (χ2v) is 13.2. The van der Waals surface area contributed by atoms with Crippen LogP contribution < -0.4 is 5.32 Å². The molecule has 1 N–H and O–H groups in total. The van der Waals surface area contributed by atoms with Gasteiger partial charge in [0.15, 0.2) is 11.5 Å². The van der Waals surface area contributed by atoms with Crippen LogP contribution in [0.4, 0.5) is 10.2 Å². The first-order valence-electron chi connectivity index (χ1n) is 13.6. The quantitative estimate of drug-likeness (QED) is 0.208. The predicted molar refractivity (Wildman–Crippen MR) is 163 cm³/mol. The Morgan fingerprint density at radius 2 is 1.74 bits per heavy atom. The van der Waals surface area contributed by atoms with Crippen LogP contribution in [0.5, 0.6) is 0 Å². The fourth-order valence-corrected chi connectivity index (χ4v) is 5.96. The Bertz CT molecular complexity index is 1900. The Morgan fingerprint density at radius 3 is 2.40 bits per heavy atom. The first-order chi connectivity index (χ1) is 20.4. The molecule has 43 heavy (non-hydrogen) atoms. The molecule has 3 heterocycles. The van der Waals surface area contributed by atoms with Gasteiger partial charge in [0.25, 0.3) is 10.0 Å². The zero-order valence-corrected chi connectivity index (χ0v) is 25.3. The third-order valence-corrected chi connectivity index (χ3v) is 8.82. The minimum Gasteiger partial charge on any atom is -0.469 e. The van der Waals surface area contributed by atoms with E-state index in [-0.39, 0.29) is 51.2 Å². The van der Waals surface area contributed by atoms with Crippen LogP contribution in [0, 0.1) is 18.2 Å². The summed E-state index contributed by atoms with van der Waals surface area (Å²) < 4.78 is 48.0. The molecule has 0 aliphatic carbocycles. The molecule has 0 unspecified atom stereocenters. The van der Waals surface area contributed by atoms with Gasteiger partial charge in [0, 0.05) is 34.8 Å². The third-order valence-electron chi connectivity index (χ3n) is 7.16. The maximum absolute atomic E-state index is 14.6. The number of pyridine rings is 1. The maximum Gasteiger partial charge on any atom is 0.307 e. The summed E-state index contributed by atoms with van der Waals surface area (Å²) in [4.78, 5) is 26.0. The van der Waals surface area contributed by atoms with E-state index in [1.807, 2.05) is 58.0 Å². The van der Waals surface area contributed by atoms with E-state index in [1.165, 1.54) is 31.5 Å². The molecule has 9 nitrogen and oxygen atoms in total. The number of esters is 1. The molecule has 222 valence electrons. The van der Waals surface area contributed by atoms with Gasteiger partial charge in [-0.05, 0) is 30.5 Å². The number of aromatic nitrogens is 4. The topological polar surface area (TPSA) is 116 Å². The first-order valence-corrected chi connectivity index (χ1v) is 15.1. The van der Waals surface area contributed by atoms with Crippen LogP contribution in [0.25, 0.3) is 33.7 Å². The lowest BCUT2D eigenvalue weighted by atomic mass is 9.84. The number of aryl methyl sites for hydroxylation is 1. The first kappa shape index (κ1) is 29.8. The molecule has 0 spiro atoms. The molecule has 5 rings (SSSR count). The van der Waals surface area contributed by atoms with Gasteiger partial charge in [0.05, 0.1) is 30.3 Å². The van der Waals surface area contributed by atoms with Crippen LogP contribution in [0.2, 0.25) is 0 Å². The van der Waals surface area contributed by atoms with Crippen molar-refractivity contribution in [3.05, 3.63) is 90.5 Å². The summed E-state index contributed by atoms with van der Waals surface area (Å²) in [5, 5.41) is 3.60. The lowest BCUT2D eigenvalue weighted by Crippen LogP contribution is -2.36. The summed E-state index contributed by atoms with van der Waals surface area (Å²) >= 11 is 0. The highest BCUT2D eigenvalue weighted by molar-refractivity contribution is 7.90. The van der Waals surface area contributed by atoms with E-state index in [0.717, 1.165) is 21.3 Å². The van der Waals surface area contributed by atoms with Gasteiger partial charge < -0.3 is 10.1 Å². The molecule has 0 saturated heterocycles. The smallest absolute Gasteiger partial charge is 0.307 e. The van der Waals surface area contributed by atoms with Crippen molar-refractivity contribution >= 4 is 32.8 Å². The van der Waals surface area contributed by atoms with Crippen LogP contribution in [0.15, 0.2) is 84.0 Å². The third kappa shape index (κ3) is 6.26. The summed E-state index contributed by atoms with van der Waals surface area (Å²) in [6.07, 6.45) is 2.43. The van der Waals surface area contributed by atoms with E-state index in [4.69, 9.17) is 14.7 Å². The predicted octanol–water partition coefficient (Wildman–Crippen LogP) is 6.23. The zero-order chi connectivity index (χ0) is 30.9. The number of halogens is 1. The Labute approximate surface area is 249 Å². The molecular weight excluding hydrogens is 569 g/mol. The molecule has 0 amide bonds. The lowest BCUT2D eigenvalue weighted by molar-refractivity contribution is -0.141. The maximum atomic E-state index is 14.6. The molecular formula is C32H32FN5O4S. The number of carbonyl (C=O) groups is 1. The molecule has 0 saturated carbocycles. The Balaban J connectivity index is 1.72. The van der Waals surface area contributed by atoms with Crippen LogP contribution >= 0.6 is 0 Å². The van der Waals surface area contributed by atoms with Gasteiger partial charge in [-0.2, -0.15) is 0 Å². The van der Waals surface area contributed by atoms with Crippen LogP contribution in [-0.2, 0) is 19.6 Å². The monoisotopic (exact) mass is 601 g/mol. The minimum absolute atomic E-state index is 0.0402. The average molecular weight is 602 g/mol. The minimum atomic E-state index is -4.10. The van der Waals surface area contributed by atoms with Gasteiger partial charge in [0.2, 0.25) is 0 Å². The van der Waals surface area contributed by atoms with Gasteiger partial charge in [-0.3, -0.25) is 4.79 Å². The van der Waals surface area contributed by atoms with Gasteiger partial charge >= 0.3 is 5.97 Å². The molecule has 0 bridgehead atoms. The van der Waals surface area contributed by atoms with Crippen LogP contribution in [0.1, 0.15) is 32.8 Å². The normalized spacial score (nSPS) is 12.7. The number of carbonyl (C=O) groups excluding carboxylic acids is 1. The van der Waals surface area contributed by atoms with Crippen molar-refractivity contribution < 1.29 is 22.3 Å². The second kappa shape index (κ2) is 11.6. The average Bonchev–Trinajstić information content (AvgIpc) is 3.36. The summed E-state index contributed by atoms with van der Waals surface area (Å²) in [6, 6.07) is 18.5. The van der Waals surface area contributed by atoms with E-state index < -0.39 is 15.8 Å². The van der Waals surface area contributed by atoms with Crippen molar-refractivity contribution in [3.8, 4) is 22.6 Å². The molecule has 0 radical (unpaired) electrons. The fourth-order valence-electron chi connectivity index (χ4n) is 4.64. The standard InChI is InChI=1S/C32H32FN5O4S/c1-20-11-13-23(14-12-20)43(40,41)38-19-25(24-15-22(33)18-34-31(24)38)30-35-26(21-9-7-6-8-10-21)16-28(37-30)36-27(32(2,3)4)17-29(39)42-5/h6-16,18-19,27H,17H2,1-5H3,(H,35,36,37)/t27-/m1/s1. The number of fused-ring (bicyclic) bond motifs is 1. The number of benzene rings is 2. The Kier molecular flexibility index (Phi) is 8.02. The number of nitrogens with zero attached hydrogens (tertiary/aromatic N) is 4. The molecule has 2 aromatic carbocycles. The lowest BCUT2D eigenvalue weighted by Gasteiger charge is -2.31. The zero-order valence-electron chi connectivity index (χ0n) is 24.5. The van der Waals surface area contributed by atoms with E-state index in [9.17, 15) is 17.6 Å². The number of hydrogen-bond donors (Lipinski definition) is 1. The summed E-state index contributed by atoms with van der Waals surface area (Å²) in [5.41, 5.74) is 2.19. The summed E-state index contributed by atoms with van der Waals surface area (Å²) in [5.74, 6) is -0.456. The van der Waals surface area contributed by atoms with Crippen LogP contribution in [0.3, 0.4) is 0 Å². The highest BCUT2D eigenvalue weighted by Crippen LogP contribution is 2.34. The molecule has 5 aromatic rings. The molecule has 1 atom stereocenters. The van der Waals surface area contributed by atoms with Crippen molar-refractivity contribution in [2.75, 3.05) is 12.4 Å². The van der Waals surface area contributed by atoms with Gasteiger partial charge in [-0.15, -0.1) is 0 Å². The largest absolute Gasteiger partial charge is 0.469 e. The fraction of sp³-hybridized carbons (Fsp3) is 0.250. The van der Waals surface area contributed by atoms with Crippen molar-refractivity contribution in [2.45, 2.75) is 45.1 Å². The second-order valence-electron chi connectivity index (χ2n) is 11.4. The van der Waals surface area contributed by atoms with Gasteiger partial charge in [0.1, 0.15) is 11.6 Å². The number of methoxy groups -OCH3 is 1. The number of hydrogen-bond acceptors (Lipinski definition) is 8. The summed E-state index contributed by atoms with van der Waals surface area (Å²) in [6.45, 7) is 7.84. The molecule has 0 aliphatic rings. The molecule has 11 heteroatoms. The Morgan fingerprint density at radius 1 is 1.05 bits per heavy atom. The van der Waals surface area contributed by atoms with Gasteiger partial charge in [-0.25, -0.2) is 31.7 Å². The van der Waals surface area contributed by atoms with E-state index in [2.05, 4.69) is 10.3 Å². The van der Waals surface area contributed by atoms with Crippen molar-refractivity contribution in [2.24, 2.45) is 5.41 Å². The Hall–Kier alpha value is -4.64. The van der Waals surface area contributed by atoms with E-state index >= 15 is 0 Å². The highest BCUT2D eigenvalue weighted by atomic mass is 32.2. The van der Waals surface area contributed by atoms with E-state index in [1.54, 1.807) is 18.2 Å². The molecule has 3 aromatic heterocycles. The number of ether oxygens (including phenoxy) is 1. The van der Waals surface area contributed by atoms with Crippen molar-refractivity contribution in [1.29, 1.82) is 0 Å². The number of anilines is 1. The van der Waals surface area contributed by atoms with E-state index in [0.29, 0.717) is 11.5 Å². The number of nitrogens with one attached hydrogen (secondary N) is 1. The SMILES string of the molecule is COC(=O)C[C@@H](Nc1cc(-c2ccccc2)nc(-c2cn(S(=O)(=O)c3ccc(C)cc3)c3ncc(F)cc23)n1)C(C)(C)C.